The van der Waals surface area contributed by atoms with E-state index in [1.807, 2.05) is 0 Å². The maximum absolute atomic E-state index is 10.8. The second-order valence-electron chi connectivity index (χ2n) is 5.75. The zero-order chi connectivity index (χ0) is 16.2. The Balaban J connectivity index is 1.58. The third kappa shape index (κ3) is 3.65. The number of hydrogen-bond acceptors (Lipinski definition) is 5. The summed E-state index contributed by atoms with van der Waals surface area (Å²) in [5, 5.41) is 8.86. The molecule has 0 bridgehead atoms. The van der Waals surface area contributed by atoms with Gasteiger partial charge in [-0.25, -0.2) is 14.8 Å². The lowest BCUT2D eigenvalue weighted by molar-refractivity contribution is 0.0690. The van der Waals surface area contributed by atoms with Crippen LogP contribution in [0.5, 0.6) is 0 Å². The number of aryl methyl sites for hydroxylation is 1. The second-order valence-corrected chi connectivity index (χ2v) is 5.75. The fourth-order valence-corrected chi connectivity index (χ4v) is 2.76. The average molecular weight is 312 g/mol. The molecule has 3 rings (SSSR count). The lowest BCUT2D eigenvalue weighted by Crippen LogP contribution is -2.46. The minimum Gasteiger partial charge on any atom is -0.476 e. The van der Waals surface area contributed by atoms with Crippen LogP contribution in [-0.4, -0.2) is 52.1 Å². The Morgan fingerprint density at radius 1 is 1.13 bits per heavy atom. The maximum Gasteiger partial charge on any atom is 0.356 e. The number of carboxylic acids is 1. The van der Waals surface area contributed by atoms with Crippen molar-refractivity contribution in [2.24, 2.45) is 0 Å². The summed E-state index contributed by atoms with van der Waals surface area (Å²) in [4.78, 5) is 23.5. The number of piperazine rings is 1. The van der Waals surface area contributed by atoms with Crippen molar-refractivity contribution in [2.45, 2.75) is 13.5 Å². The number of rotatable bonds is 4. The van der Waals surface area contributed by atoms with Gasteiger partial charge in [0.15, 0.2) is 5.69 Å². The lowest BCUT2D eigenvalue weighted by Gasteiger charge is -2.35. The van der Waals surface area contributed by atoms with Crippen molar-refractivity contribution in [3.8, 4) is 0 Å². The first-order chi connectivity index (χ1) is 11.1. The Labute approximate surface area is 135 Å². The van der Waals surface area contributed by atoms with Gasteiger partial charge in [0.05, 0.1) is 12.4 Å². The topological polar surface area (TPSA) is 69.6 Å². The van der Waals surface area contributed by atoms with Crippen LogP contribution in [-0.2, 0) is 6.54 Å². The minimum absolute atomic E-state index is 0.0214. The van der Waals surface area contributed by atoms with Gasteiger partial charge in [-0.05, 0) is 18.1 Å². The van der Waals surface area contributed by atoms with E-state index in [4.69, 9.17) is 5.11 Å². The molecule has 120 valence electrons. The number of aromatic nitrogens is 2. The molecule has 1 N–H and O–H groups in total. The first-order valence-corrected chi connectivity index (χ1v) is 7.70. The van der Waals surface area contributed by atoms with Crippen LogP contribution in [0.4, 0.5) is 5.82 Å². The summed E-state index contributed by atoms with van der Waals surface area (Å²) in [7, 11) is 0. The molecule has 1 aromatic carbocycles. The van der Waals surface area contributed by atoms with Gasteiger partial charge in [0, 0.05) is 32.7 Å². The van der Waals surface area contributed by atoms with Crippen molar-refractivity contribution in [2.75, 3.05) is 31.1 Å². The molecule has 0 saturated carbocycles. The van der Waals surface area contributed by atoms with E-state index in [9.17, 15) is 4.79 Å². The third-order valence-corrected chi connectivity index (χ3v) is 4.21. The summed E-state index contributed by atoms with van der Waals surface area (Å²) in [5.74, 6) is -0.308. The molecule has 6 heteroatoms. The highest BCUT2D eigenvalue weighted by Gasteiger charge is 2.19. The summed E-state index contributed by atoms with van der Waals surface area (Å²) in [6.45, 7) is 6.75. The molecule has 2 aromatic rings. The van der Waals surface area contributed by atoms with Crippen molar-refractivity contribution in [1.29, 1.82) is 0 Å². The Bertz CT molecular complexity index is 679. The number of carboxylic acid groups (broad SMARTS) is 1. The van der Waals surface area contributed by atoms with Gasteiger partial charge in [-0.15, -0.1) is 0 Å². The maximum atomic E-state index is 10.8. The molecule has 6 nitrogen and oxygen atoms in total. The number of anilines is 1. The highest BCUT2D eigenvalue weighted by Crippen LogP contribution is 2.16. The van der Waals surface area contributed by atoms with Crippen molar-refractivity contribution < 1.29 is 9.90 Å². The van der Waals surface area contributed by atoms with Crippen LogP contribution in [0.15, 0.2) is 36.7 Å². The van der Waals surface area contributed by atoms with Crippen LogP contribution >= 0.6 is 0 Å². The van der Waals surface area contributed by atoms with Gasteiger partial charge in [-0.1, -0.05) is 24.3 Å². The number of hydrogen-bond donors (Lipinski definition) is 1. The fraction of sp³-hybridized carbons (Fsp3) is 0.353. The molecule has 2 heterocycles. The smallest absolute Gasteiger partial charge is 0.356 e. The first kappa shape index (κ1) is 15.4. The quantitative estimate of drug-likeness (QED) is 0.928. The predicted molar refractivity (Wildman–Crippen MR) is 87.7 cm³/mol. The Morgan fingerprint density at radius 3 is 2.48 bits per heavy atom. The summed E-state index contributed by atoms with van der Waals surface area (Å²) in [5.41, 5.74) is 2.67. The van der Waals surface area contributed by atoms with Crippen molar-refractivity contribution in [3.05, 3.63) is 53.5 Å². The molecular formula is C17H20N4O2. The van der Waals surface area contributed by atoms with Gasteiger partial charge in [-0.3, -0.25) is 4.90 Å². The molecule has 1 aliphatic rings. The molecule has 0 aliphatic carbocycles. The Kier molecular flexibility index (Phi) is 4.52. The van der Waals surface area contributed by atoms with Crippen LogP contribution in [0.2, 0.25) is 0 Å². The van der Waals surface area contributed by atoms with E-state index in [1.165, 1.54) is 17.3 Å². The van der Waals surface area contributed by atoms with Crippen LogP contribution in [0, 0.1) is 6.92 Å². The van der Waals surface area contributed by atoms with E-state index in [0.29, 0.717) is 0 Å². The summed E-state index contributed by atoms with van der Waals surface area (Å²) >= 11 is 0. The average Bonchev–Trinajstić information content (AvgIpc) is 2.58. The highest BCUT2D eigenvalue weighted by atomic mass is 16.4. The molecular weight excluding hydrogens is 292 g/mol. The second kappa shape index (κ2) is 6.75. The van der Waals surface area contributed by atoms with E-state index < -0.39 is 5.97 Å². The highest BCUT2D eigenvalue weighted by molar-refractivity contribution is 5.84. The van der Waals surface area contributed by atoms with Crippen molar-refractivity contribution in [1.82, 2.24) is 14.9 Å². The number of nitrogens with zero attached hydrogens (tertiary/aromatic N) is 4. The summed E-state index contributed by atoms with van der Waals surface area (Å²) < 4.78 is 0. The number of benzene rings is 1. The van der Waals surface area contributed by atoms with Gasteiger partial charge < -0.3 is 10.0 Å². The molecule has 1 aromatic heterocycles. The molecule has 23 heavy (non-hydrogen) atoms. The molecule has 1 saturated heterocycles. The van der Waals surface area contributed by atoms with E-state index in [2.05, 4.69) is 51.0 Å². The molecule has 1 fully saturated rings. The zero-order valence-corrected chi connectivity index (χ0v) is 13.1. The predicted octanol–water partition coefficient (Wildman–Crippen LogP) is 1.81. The molecule has 0 spiro atoms. The van der Waals surface area contributed by atoms with Crippen LogP contribution in [0.3, 0.4) is 0 Å². The standard InChI is InChI=1S/C17H20N4O2/c1-13-4-2-3-5-14(13)12-20-6-8-21(9-7-20)16-11-18-15(10-19-16)17(22)23/h2-5,10-11H,6-9,12H2,1H3,(H,22,23). The van der Waals surface area contributed by atoms with Crippen LogP contribution in [0.25, 0.3) is 0 Å². The number of aromatic carboxylic acids is 1. The Hall–Kier alpha value is -2.47. The van der Waals surface area contributed by atoms with E-state index in [1.54, 1.807) is 6.20 Å². The van der Waals surface area contributed by atoms with Gasteiger partial charge >= 0.3 is 5.97 Å². The van der Waals surface area contributed by atoms with Gasteiger partial charge in [0.1, 0.15) is 5.82 Å². The largest absolute Gasteiger partial charge is 0.476 e. The third-order valence-electron chi connectivity index (χ3n) is 4.21. The van der Waals surface area contributed by atoms with E-state index >= 15 is 0 Å². The summed E-state index contributed by atoms with van der Waals surface area (Å²) in [6.07, 6.45) is 2.86. The molecule has 0 atom stereocenters. The Morgan fingerprint density at radius 2 is 1.87 bits per heavy atom. The normalized spacial score (nSPS) is 15.6. The SMILES string of the molecule is Cc1ccccc1CN1CCN(c2cnc(C(=O)O)cn2)CC1. The van der Waals surface area contributed by atoms with Gasteiger partial charge in [0.2, 0.25) is 0 Å². The molecule has 1 aliphatic heterocycles. The zero-order valence-electron chi connectivity index (χ0n) is 13.1. The molecule has 0 amide bonds. The van der Waals surface area contributed by atoms with E-state index in [-0.39, 0.29) is 5.69 Å². The summed E-state index contributed by atoms with van der Waals surface area (Å²) in [6, 6.07) is 8.47. The van der Waals surface area contributed by atoms with Crippen molar-refractivity contribution >= 4 is 11.8 Å². The molecule has 0 radical (unpaired) electrons. The van der Waals surface area contributed by atoms with Crippen LogP contribution < -0.4 is 4.90 Å². The first-order valence-electron chi connectivity index (χ1n) is 7.70. The minimum atomic E-state index is -1.05. The fourth-order valence-electron chi connectivity index (χ4n) is 2.76. The van der Waals surface area contributed by atoms with Gasteiger partial charge in [0.25, 0.3) is 0 Å². The van der Waals surface area contributed by atoms with Crippen LogP contribution in [0.1, 0.15) is 21.6 Å². The van der Waals surface area contributed by atoms with Crippen molar-refractivity contribution in [3.63, 3.8) is 0 Å². The lowest BCUT2D eigenvalue weighted by atomic mass is 10.1. The van der Waals surface area contributed by atoms with Gasteiger partial charge in [-0.2, -0.15) is 0 Å². The number of carbonyl (C=O) groups is 1. The molecule has 0 unspecified atom stereocenters. The monoisotopic (exact) mass is 312 g/mol. The van der Waals surface area contributed by atoms with E-state index in [0.717, 1.165) is 38.5 Å².